The van der Waals surface area contributed by atoms with Crippen LogP contribution in [0.1, 0.15) is 27.1 Å². The van der Waals surface area contributed by atoms with E-state index in [1.165, 1.54) is 48.5 Å². The third-order valence-electron chi connectivity index (χ3n) is 7.10. The van der Waals surface area contributed by atoms with Gasteiger partial charge in [0.25, 0.3) is 11.8 Å². The number of esters is 1. The molecule has 9 nitrogen and oxygen atoms in total. The van der Waals surface area contributed by atoms with Crippen molar-refractivity contribution in [3.8, 4) is 0 Å². The average Bonchev–Trinajstić information content (AvgIpc) is 3.51. The maximum atomic E-state index is 13.1. The van der Waals surface area contributed by atoms with Crippen LogP contribution >= 0.6 is 34.8 Å². The van der Waals surface area contributed by atoms with Gasteiger partial charge in [-0.25, -0.2) is 4.79 Å². The molecule has 3 aliphatic rings. The molecule has 37 heavy (non-hydrogen) atoms. The summed E-state index contributed by atoms with van der Waals surface area (Å²) >= 11 is 18.6. The molecule has 6 atom stereocenters. The van der Waals surface area contributed by atoms with E-state index in [9.17, 15) is 24.0 Å². The lowest BCUT2D eigenvalue weighted by atomic mass is 9.80. The second-order valence-corrected chi connectivity index (χ2v) is 10.6. The summed E-state index contributed by atoms with van der Waals surface area (Å²) in [7, 11) is 0. The molecule has 2 aromatic carbocycles. The molecule has 2 N–H and O–H groups in total. The topological polar surface area (TPSA) is 122 Å². The van der Waals surface area contributed by atoms with Crippen LogP contribution in [0.2, 0.25) is 5.02 Å². The number of carbonyl (C=O) groups excluding carboxylic acids is 5. The lowest BCUT2D eigenvalue weighted by Gasteiger charge is -2.28. The van der Waals surface area contributed by atoms with E-state index in [0.29, 0.717) is 17.1 Å². The molecular formula is C25H20Cl3N3O6. The largest absolute Gasteiger partial charge is 0.452 e. The summed E-state index contributed by atoms with van der Waals surface area (Å²) in [5.41, 5.74) is 5.07. The Morgan fingerprint density at radius 1 is 0.838 bits per heavy atom. The standard InChI is InChI=1S/C25H20Cl3N3O6/c26-13-5-1-11(2-6-13)22(33)30-29-17(32)10-37-25(36)12-3-7-14(8-4-12)31-23(34)18-15-9-16(19(18)24(31)35)21(28)20(15)27/h1-8,15-16,18-21H,9-10H2,(H,29,32)(H,30,33)/t15-,16-,18-,19+,20-,21+/m1/s1. The number of anilines is 1. The van der Waals surface area contributed by atoms with Crippen LogP contribution < -0.4 is 15.8 Å². The van der Waals surface area contributed by atoms with E-state index in [0.717, 1.165) is 4.90 Å². The lowest BCUT2D eigenvalue weighted by Crippen LogP contribution is -2.43. The van der Waals surface area contributed by atoms with Crippen LogP contribution in [0.25, 0.3) is 0 Å². The van der Waals surface area contributed by atoms with Crippen LogP contribution in [0.4, 0.5) is 5.69 Å². The third kappa shape index (κ3) is 4.56. The van der Waals surface area contributed by atoms with Gasteiger partial charge in [-0.15, -0.1) is 23.2 Å². The molecule has 192 valence electrons. The molecule has 0 spiro atoms. The Morgan fingerprint density at radius 3 is 1.95 bits per heavy atom. The first kappa shape index (κ1) is 25.5. The predicted octanol–water partition coefficient (Wildman–Crippen LogP) is 2.93. The number of fused-ring (bicyclic) bond motifs is 5. The van der Waals surface area contributed by atoms with Gasteiger partial charge in [-0.3, -0.25) is 34.9 Å². The highest BCUT2D eigenvalue weighted by molar-refractivity contribution is 6.32. The number of amides is 4. The Kier molecular flexibility index (Phi) is 6.87. The summed E-state index contributed by atoms with van der Waals surface area (Å²) in [6, 6.07) is 11.8. The van der Waals surface area contributed by atoms with Crippen molar-refractivity contribution in [1.82, 2.24) is 10.9 Å². The van der Waals surface area contributed by atoms with Crippen molar-refractivity contribution in [2.75, 3.05) is 11.5 Å². The van der Waals surface area contributed by atoms with Gasteiger partial charge in [-0.05, 0) is 66.8 Å². The molecule has 0 unspecified atom stereocenters. The zero-order chi connectivity index (χ0) is 26.4. The zero-order valence-electron chi connectivity index (χ0n) is 19.0. The quantitative estimate of drug-likeness (QED) is 0.249. The number of hydrogen-bond acceptors (Lipinski definition) is 6. The van der Waals surface area contributed by atoms with Crippen LogP contribution in [-0.2, 0) is 19.1 Å². The number of hydrogen-bond donors (Lipinski definition) is 2. The molecule has 1 saturated heterocycles. The molecule has 1 heterocycles. The zero-order valence-corrected chi connectivity index (χ0v) is 21.3. The van der Waals surface area contributed by atoms with Crippen molar-refractivity contribution in [3.05, 3.63) is 64.7 Å². The number of carbonyl (C=O) groups is 5. The van der Waals surface area contributed by atoms with Crippen LogP contribution in [-0.4, -0.2) is 47.0 Å². The molecule has 3 fully saturated rings. The van der Waals surface area contributed by atoms with E-state index in [4.69, 9.17) is 39.5 Å². The number of benzene rings is 2. The van der Waals surface area contributed by atoms with Crippen molar-refractivity contribution in [2.45, 2.75) is 17.2 Å². The fourth-order valence-corrected chi connectivity index (χ4v) is 6.42. The lowest BCUT2D eigenvalue weighted by molar-refractivity contribution is -0.125. The van der Waals surface area contributed by atoms with Crippen molar-refractivity contribution in [1.29, 1.82) is 0 Å². The van der Waals surface area contributed by atoms with E-state index in [1.54, 1.807) is 0 Å². The molecule has 2 aliphatic carbocycles. The van der Waals surface area contributed by atoms with Crippen molar-refractivity contribution < 1.29 is 28.7 Å². The van der Waals surface area contributed by atoms with E-state index in [1.807, 2.05) is 0 Å². The van der Waals surface area contributed by atoms with Gasteiger partial charge < -0.3 is 4.74 Å². The number of ether oxygens (including phenoxy) is 1. The molecule has 4 amide bonds. The third-order valence-corrected chi connectivity index (χ3v) is 8.68. The first-order chi connectivity index (χ1) is 17.7. The Hall–Kier alpha value is -3.14. The molecule has 2 saturated carbocycles. The Labute approximate surface area is 226 Å². The fraction of sp³-hybridized carbons (Fsp3) is 0.320. The highest BCUT2D eigenvalue weighted by atomic mass is 35.5. The number of alkyl halides is 2. The van der Waals surface area contributed by atoms with Gasteiger partial charge in [0, 0.05) is 10.6 Å². The highest BCUT2D eigenvalue weighted by Crippen LogP contribution is 2.59. The van der Waals surface area contributed by atoms with Gasteiger partial charge in [-0.2, -0.15) is 0 Å². The Morgan fingerprint density at radius 2 is 1.38 bits per heavy atom. The molecule has 5 rings (SSSR count). The molecule has 1 aliphatic heterocycles. The van der Waals surface area contributed by atoms with Gasteiger partial charge in [0.2, 0.25) is 11.8 Å². The molecular weight excluding hydrogens is 545 g/mol. The van der Waals surface area contributed by atoms with E-state index in [2.05, 4.69) is 10.9 Å². The minimum Gasteiger partial charge on any atom is -0.452 e. The molecule has 0 aromatic heterocycles. The fourth-order valence-electron chi connectivity index (χ4n) is 5.40. The Bertz CT molecular complexity index is 1250. The minimum absolute atomic E-state index is 0.114. The number of halogens is 3. The second kappa shape index (κ2) is 9.96. The monoisotopic (exact) mass is 563 g/mol. The Balaban J connectivity index is 1.15. The van der Waals surface area contributed by atoms with Gasteiger partial charge >= 0.3 is 5.97 Å². The minimum atomic E-state index is -0.797. The van der Waals surface area contributed by atoms with Gasteiger partial charge in [-0.1, -0.05) is 11.6 Å². The molecule has 2 bridgehead atoms. The summed E-state index contributed by atoms with van der Waals surface area (Å²) < 4.78 is 4.98. The SMILES string of the molecule is O=C(COC(=O)c1ccc(N2C(=O)[C@@H]3[C@H]4C[C@@H]([C@H](Cl)[C@@H]4Cl)[C@@H]3C2=O)cc1)NNC(=O)c1ccc(Cl)cc1. The van der Waals surface area contributed by atoms with E-state index >= 15 is 0 Å². The number of nitrogens with zero attached hydrogens (tertiary/aromatic N) is 1. The van der Waals surface area contributed by atoms with Crippen LogP contribution in [0.15, 0.2) is 48.5 Å². The number of rotatable bonds is 5. The predicted molar refractivity (Wildman–Crippen MR) is 134 cm³/mol. The maximum absolute atomic E-state index is 13.1. The van der Waals surface area contributed by atoms with Crippen LogP contribution in [0.5, 0.6) is 0 Å². The average molecular weight is 565 g/mol. The maximum Gasteiger partial charge on any atom is 0.338 e. The smallest absolute Gasteiger partial charge is 0.338 e. The summed E-state index contributed by atoms with van der Waals surface area (Å²) in [5.74, 6) is -3.93. The van der Waals surface area contributed by atoms with Gasteiger partial charge in [0.1, 0.15) is 0 Å². The second-order valence-electron chi connectivity index (χ2n) is 9.15. The van der Waals surface area contributed by atoms with Gasteiger partial charge in [0.15, 0.2) is 6.61 Å². The number of nitrogens with one attached hydrogen (secondary N) is 2. The van der Waals surface area contributed by atoms with Crippen molar-refractivity contribution >= 4 is 70.1 Å². The number of hydrazine groups is 1. The first-order valence-electron chi connectivity index (χ1n) is 11.4. The first-order valence-corrected chi connectivity index (χ1v) is 12.7. The number of imide groups is 1. The van der Waals surface area contributed by atoms with Crippen LogP contribution in [0.3, 0.4) is 0 Å². The molecule has 0 radical (unpaired) electrons. The van der Waals surface area contributed by atoms with Crippen molar-refractivity contribution in [2.24, 2.45) is 23.7 Å². The normalized spacial score (nSPS) is 27.7. The van der Waals surface area contributed by atoms with Gasteiger partial charge in [0.05, 0.1) is 33.8 Å². The van der Waals surface area contributed by atoms with E-state index in [-0.39, 0.29) is 45.5 Å². The summed E-state index contributed by atoms with van der Waals surface area (Å²) in [5, 5.41) is -0.225. The van der Waals surface area contributed by atoms with Crippen LogP contribution in [0, 0.1) is 23.7 Å². The highest BCUT2D eigenvalue weighted by Gasteiger charge is 2.66. The van der Waals surface area contributed by atoms with E-state index < -0.39 is 36.2 Å². The summed E-state index contributed by atoms with van der Waals surface area (Å²) in [4.78, 5) is 63.6. The summed E-state index contributed by atoms with van der Waals surface area (Å²) in [6.07, 6.45) is 0.673. The summed E-state index contributed by atoms with van der Waals surface area (Å²) in [6.45, 7) is -0.643. The van der Waals surface area contributed by atoms with Crippen molar-refractivity contribution in [3.63, 3.8) is 0 Å². The molecule has 2 aromatic rings. The molecule has 12 heteroatoms.